The van der Waals surface area contributed by atoms with Gasteiger partial charge in [0.1, 0.15) is 11.2 Å². The fourth-order valence-electron chi connectivity index (χ4n) is 2.82. The van der Waals surface area contributed by atoms with E-state index in [2.05, 4.69) is 21.7 Å². The van der Waals surface area contributed by atoms with Crippen molar-refractivity contribution in [1.82, 2.24) is 14.5 Å². The van der Waals surface area contributed by atoms with Crippen LogP contribution in [-0.4, -0.2) is 32.7 Å². The molecule has 0 radical (unpaired) electrons. The summed E-state index contributed by atoms with van der Waals surface area (Å²) in [6, 6.07) is 6.09. The van der Waals surface area contributed by atoms with E-state index in [0.717, 1.165) is 23.3 Å². The average Bonchev–Trinajstić information content (AvgIpc) is 2.77. The Morgan fingerprint density at radius 3 is 2.86 bits per heavy atom. The van der Waals surface area contributed by atoms with E-state index in [9.17, 15) is 4.79 Å². The van der Waals surface area contributed by atoms with Gasteiger partial charge in [-0.3, -0.25) is 4.90 Å². The third kappa shape index (κ3) is 2.48. The van der Waals surface area contributed by atoms with Gasteiger partial charge in [0.2, 0.25) is 0 Å². The Labute approximate surface area is 124 Å². The number of carbonyl (C=O) groups is 1. The SMILES string of the molecule is CC1c2cc3cccnc3n2CCN1C(=O)OC(C)(C)C. The second-order valence-corrected chi connectivity index (χ2v) is 6.49. The van der Waals surface area contributed by atoms with Gasteiger partial charge >= 0.3 is 6.09 Å². The van der Waals surface area contributed by atoms with Gasteiger partial charge in [-0.1, -0.05) is 0 Å². The largest absolute Gasteiger partial charge is 0.444 e. The number of fused-ring (bicyclic) bond motifs is 3. The van der Waals surface area contributed by atoms with Crippen LogP contribution in [0.3, 0.4) is 0 Å². The summed E-state index contributed by atoms with van der Waals surface area (Å²) in [4.78, 5) is 18.6. The molecule has 0 saturated heterocycles. The molecule has 5 heteroatoms. The maximum atomic E-state index is 12.3. The molecule has 1 unspecified atom stereocenters. The van der Waals surface area contributed by atoms with Crippen LogP contribution in [0, 0.1) is 0 Å². The van der Waals surface area contributed by atoms with Crippen LogP contribution in [0.4, 0.5) is 4.79 Å². The van der Waals surface area contributed by atoms with Crippen LogP contribution < -0.4 is 0 Å². The van der Waals surface area contributed by atoms with Crippen molar-refractivity contribution in [3.8, 4) is 0 Å². The summed E-state index contributed by atoms with van der Waals surface area (Å²) in [6.07, 6.45) is 1.56. The Bertz CT molecular complexity index is 684. The lowest BCUT2D eigenvalue weighted by atomic mass is 10.1. The lowest BCUT2D eigenvalue weighted by Gasteiger charge is -2.36. The molecular formula is C16H21N3O2. The summed E-state index contributed by atoms with van der Waals surface area (Å²) < 4.78 is 7.69. The molecule has 5 nitrogen and oxygen atoms in total. The molecule has 1 aliphatic heterocycles. The summed E-state index contributed by atoms with van der Waals surface area (Å²) in [5, 5.41) is 1.12. The van der Waals surface area contributed by atoms with E-state index in [1.807, 2.05) is 33.8 Å². The molecule has 112 valence electrons. The smallest absolute Gasteiger partial charge is 0.410 e. The van der Waals surface area contributed by atoms with Gasteiger partial charge in [0.25, 0.3) is 0 Å². The number of hydrogen-bond donors (Lipinski definition) is 0. The topological polar surface area (TPSA) is 47.4 Å². The quantitative estimate of drug-likeness (QED) is 0.746. The first-order chi connectivity index (χ1) is 9.87. The van der Waals surface area contributed by atoms with Crippen LogP contribution in [0.15, 0.2) is 24.4 Å². The van der Waals surface area contributed by atoms with Crippen molar-refractivity contribution in [1.29, 1.82) is 0 Å². The Hall–Kier alpha value is -2.04. The number of nitrogens with zero attached hydrogens (tertiary/aromatic N) is 3. The van der Waals surface area contributed by atoms with Crippen LogP contribution in [0.5, 0.6) is 0 Å². The van der Waals surface area contributed by atoms with Crippen LogP contribution in [0.25, 0.3) is 11.0 Å². The predicted molar refractivity (Wildman–Crippen MR) is 81.1 cm³/mol. The molecule has 0 spiro atoms. The van der Waals surface area contributed by atoms with Crippen molar-refractivity contribution in [3.63, 3.8) is 0 Å². The summed E-state index contributed by atoms with van der Waals surface area (Å²) in [6.45, 7) is 9.10. The monoisotopic (exact) mass is 287 g/mol. The van der Waals surface area contributed by atoms with Crippen molar-refractivity contribution in [2.45, 2.75) is 45.9 Å². The molecule has 1 aliphatic rings. The molecule has 1 atom stereocenters. The Morgan fingerprint density at radius 2 is 2.14 bits per heavy atom. The molecule has 0 N–H and O–H groups in total. The highest BCUT2D eigenvalue weighted by molar-refractivity contribution is 5.78. The number of carbonyl (C=O) groups excluding carboxylic acids is 1. The third-order valence-electron chi connectivity index (χ3n) is 3.78. The van der Waals surface area contributed by atoms with Crippen LogP contribution >= 0.6 is 0 Å². The van der Waals surface area contributed by atoms with Crippen molar-refractivity contribution in [2.75, 3.05) is 6.54 Å². The fourth-order valence-corrected chi connectivity index (χ4v) is 2.82. The Morgan fingerprint density at radius 1 is 1.38 bits per heavy atom. The number of ether oxygens (including phenoxy) is 1. The Balaban J connectivity index is 1.92. The number of rotatable bonds is 0. The number of aromatic nitrogens is 2. The Kier molecular flexibility index (Phi) is 3.15. The lowest BCUT2D eigenvalue weighted by molar-refractivity contribution is 0.0128. The van der Waals surface area contributed by atoms with E-state index < -0.39 is 5.60 Å². The predicted octanol–water partition coefficient (Wildman–Crippen LogP) is 3.35. The maximum Gasteiger partial charge on any atom is 0.410 e. The van der Waals surface area contributed by atoms with Gasteiger partial charge < -0.3 is 9.30 Å². The summed E-state index contributed by atoms with van der Waals surface area (Å²) >= 11 is 0. The average molecular weight is 287 g/mol. The minimum Gasteiger partial charge on any atom is -0.444 e. The van der Waals surface area contributed by atoms with Gasteiger partial charge in [-0.05, 0) is 45.9 Å². The number of amides is 1. The highest BCUT2D eigenvalue weighted by Crippen LogP contribution is 2.31. The first kappa shape index (κ1) is 13.9. The molecular weight excluding hydrogens is 266 g/mol. The molecule has 0 saturated carbocycles. The molecule has 21 heavy (non-hydrogen) atoms. The van der Waals surface area contributed by atoms with Crippen LogP contribution in [-0.2, 0) is 11.3 Å². The summed E-state index contributed by atoms with van der Waals surface area (Å²) in [5.41, 5.74) is 1.63. The first-order valence-corrected chi connectivity index (χ1v) is 7.30. The zero-order chi connectivity index (χ0) is 15.2. The second-order valence-electron chi connectivity index (χ2n) is 6.49. The molecule has 3 rings (SSSR count). The standard InChI is InChI=1S/C16H21N3O2/c1-11-13-10-12-6-5-7-17-14(12)19(13)9-8-18(11)15(20)21-16(2,3)4/h5-7,10-11H,8-9H2,1-4H3. The maximum absolute atomic E-state index is 12.3. The number of hydrogen-bond acceptors (Lipinski definition) is 3. The molecule has 3 heterocycles. The van der Waals surface area contributed by atoms with E-state index >= 15 is 0 Å². The van der Waals surface area contributed by atoms with Crippen LogP contribution in [0.1, 0.15) is 39.4 Å². The van der Waals surface area contributed by atoms with Gasteiger partial charge in [-0.15, -0.1) is 0 Å². The third-order valence-corrected chi connectivity index (χ3v) is 3.78. The van der Waals surface area contributed by atoms with Gasteiger partial charge in [-0.25, -0.2) is 9.78 Å². The van der Waals surface area contributed by atoms with Crippen LogP contribution in [0.2, 0.25) is 0 Å². The number of pyridine rings is 1. The fraction of sp³-hybridized carbons (Fsp3) is 0.500. The minimum absolute atomic E-state index is 0.0113. The molecule has 0 bridgehead atoms. The lowest BCUT2D eigenvalue weighted by Crippen LogP contribution is -2.43. The van der Waals surface area contributed by atoms with Crippen molar-refractivity contribution in [3.05, 3.63) is 30.1 Å². The molecule has 0 aliphatic carbocycles. The van der Waals surface area contributed by atoms with Gasteiger partial charge in [0.15, 0.2) is 0 Å². The zero-order valence-corrected chi connectivity index (χ0v) is 13.0. The van der Waals surface area contributed by atoms with Crippen molar-refractivity contribution < 1.29 is 9.53 Å². The van der Waals surface area contributed by atoms with E-state index in [-0.39, 0.29) is 12.1 Å². The highest BCUT2D eigenvalue weighted by atomic mass is 16.6. The van der Waals surface area contributed by atoms with E-state index in [1.165, 1.54) is 0 Å². The molecule has 2 aromatic rings. The van der Waals surface area contributed by atoms with Gasteiger partial charge in [-0.2, -0.15) is 0 Å². The normalized spacial score (nSPS) is 18.7. The van der Waals surface area contributed by atoms with E-state index in [0.29, 0.717) is 6.54 Å². The molecule has 2 aromatic heterocycles. The molecule has 1 amide bonds. The molecule has 0 fully saturated rings. The highest BCUT2D eigenvalue weighted by Gasteiger charge is 2.32. The molecule has 0 aromatic carbocycles. The van der Waals surface area contributed by atoms with Crippen molar-refractivity contribution in [2.24, 2.45) is 0 Å². The van der Waals surface area contributed by atoms with Gasteiger partial charge in [0, 0.05) is 30.4 Å². The summed E-state index contributed by atoms with van der Waals surface area (Å²) in [7, 11) is 0. The zero-order valence-electron chi connectivity index (χ0n) is 13.0. The van der Waals surface area contributed by atoms with E-state index in [4.69, 9.17) is 4.74 Å². The first-order valence-electron chi connectivity index (χ1n) is 7.30. The minimum atomic E-state index is -0.470. The summed E-state index contributed by atoms with van der Waals surface area (Å²) in [5.74, 6) is 0. The second kappa shape index (κ2) is 4.76. The van der Waals surface area contributed by atoms with Crippen molar-refractivity contribution >= 4 is 17.1 Å². The van der Waals surface area contributed by atoms with Gasteiger partial charge in [0.05, 0.1) is 6.04 Å². The van der Waals surface area contributed by atoms with E-state index in [1.54, 1.807) is 11.1 Å².